The van der Waals surface area contributed by atoms with Gasteiger partial charge in [0.2, 0.25) is 0 Å². The Morgan fingerprint density at radius 3 is 1.24 bits per heavy atom. The maximum Gasteiger partial charge on any atom is 0.0714 e. The molecule has 0 heterocycles. The van der Waals surface area contributed by atoms with Crippen LogP contribution in [0.3, 0.4) is 0 Å². The van der Waals surface area contributed by atoms with Crippen molar-refractivity contribution in [2.45, 2.75) is 5.41 Å². The van der Waals surface area contributed by atoms with Crippen LogP contribution in [-0.2, 0) is 5.41 Å². The Morgan fingerprint density at radius 1 is 0.258 bits per heavy atom. The van der Waals surface area contributed by atoms with E-state index in [9.17, 15) is 0 Å². The normalized spacial score (nSPS) is 12.3. The maximum absolute atomic E-state index is 2.45. The topological polar surface area (TPSA) is 3.24 Å². The monoisotopic (exact) mass is 789 g/mol. The van der Waals surface area contributed by atoms with Crippen LogP contribution >= 0.6 is 0 Å². The average Bonchev–Trinajstić information content (AvgIpc) is 3.67. The lowest BCUT2D eigenvalue weighted by atomic mass is 9.68. The Bertz CT molecular complexity index is 3080. The molecule has 0 spiro atoms. The van der Waals surface area contributed by atoms with Crippen LogP contribution in [0.1, 0.15) is 22.3 Å². The van der Waals surface area contributed by atoms with Crippen molar-refractivity contribution in [2.24, 2.45) is 0 Å². The number of anilines is 3. The molecule has 1 aliphatic rings. The van der Waals surface area contributed by atoms with Gasteiger partial charge in [0.25, 0.3) is 0 Å². The second-order valence-corrected chi connectivity index (χ2v) is 16.0. The van der Waals surface area contributed by atoms with Gasteiger partial charge in [-0.1, -0.05) is 224 Å². The third-order valence-corrected chi connectivity index (χ3v) is 12.6. The molecule has 1 heteroatoms. The molecule has 11 rings (SSSR count). The highest BCUT2D eigenvalue weighted by Crippen LogP contribution is 2.59. The van der Waals surface area contributed by atoms with Crippen LogP contribution in [-0.4, -0.2) is 0 Å². The summed E-state index contributed by atoms with van der Waals surface area (Å²) in [6.45, 7) is 0. The second kappa shape index (κ2) is 15.9. The van der Waals surface area contributed by atoms with E-state index >= 15 is 0 Å². The van der Waals surface area contributed by atoms with Crippen molar-refractivity contribution >= 4 is 17.1 Å². The van der Waals surface area contributed by atoms with Gasteiger partial charge in [0.15, 0.2) is 0 Å². The third-order valence-electron chi connectivity index (χ3n) is 12.6. The van der Waals surface area contributed by atoms with Crippen LogP contribution in [0.15, 0.2) is 261 Å². The second-order valence-electron chi connectivity index (χ2n) is 16.0. The minimum atomic E-state index is -0.500. The lowest BCUT2D eigenvalue weighted by molar-refractivity contribution is 0.768. The summed E-state index contributed by atoms with van der Waals surface area (Å²) >= 11 is 0. The quantitative estimate of drug-likeness (QED) is 0.141. The fourth-order valence-electron chi connectivity index (χ4n) is 9.77. The fraction of sp³-hybridized carbons (Fsp3) is 0.0164. The SMILES string of the molecule is c1ccc(-c2ccc(N(c3ccc(-c4ccc(-c5ccccc5)c(-c5ccccc5)c4)cc3)c3cccc4c3-c3ccccc3C4(c3ccccc3)c3ccccc3)cc2)cc1. The van der Waals surface area contributed by atoms with Gasteiger partial charge in [0.05, 0.1) is 11.1 Å². The number of nitrogens with zero attached hydrogens (tertiary/aromatic N) is 1. The average molecular weight is 790 g/mol. The summed E-state index contributed by atoms with van der Waals surface area (Å²) in [4.78, 5) is 2.45. The molecular weight excluding hydrogens is 747 g/mol. The number of hydrogen-bond acceptors (Lipinski definition) is 1. The van der Waals surface area contributed by atoms with E-state index < -0.39 is 5.41 Å². The summed E-state index contributed by atoms with van der Waals surface area (Å²) in [6, 6.07) is 95.1. The highest BCUT2D eigenvalue weighted by Gasteiger charge is 2.47. The molecule has 0 aliphatic heterocycles. The maximum atomic E-state index is 2.45. The van der Waals surface area contributed by atoms with Crippen LogP contribution < -0.4 is 4.90 Å². The molecule has 62 heavy (non-hydrogen) atoms. The Labute approximate surface area is 364 Å². The Balaban J connectivity index is 1.09. The molecule has 0 saturated carbocycles. The molecule has 0 radical (unpaired) electrons. The zero-order valence-corrected chi connectivity index (χ0v) is 34.3. The summed E-state index contributed by atoms with van der Waals surface area (Å²) in [7, 11) is 0. The van der Waals surface area contributed by atoms with Crippen molar-refractivity contribution in [3.63, 3.8) is 0 Å². The van der Waals surface area contributed by atoms with E-state index in [0.29, 0.717) is 0 Å². The summed E-state index contributed by atoms with van der Waals surface area (Å²) in [5, 5.41) is 0. The van der Waals surface area contributed by atoms with Gasteiger partial charge in [-0.2, -0.15) is 0 Å². The zero-order valence-electron chi connectivity index (χ0n) is 34.3. The number of hydrogen-bond donors (Lipinski definition) is 0. The van der Waals surface area contributed by atoms with Crippen molar-refractivity contribution in [2.75, 3.05) is 4.90 Å². The molecule has 0 unspecified atom stereocenters. The fourth-order valence-corrected chi connectivity index (χ4v) is 9.77. The van der Waals surface area contributed by atoms with E-state index in [1.807, 2.05) is 0 Å². The van der Waals surface area contributed by atoms with Crippen molar-refractivity contribution in [3.05, 3.63) is 283 Å². The molecule has 292 valence electrons. The molecule has 1 nitrogen and oxygen atoms in total. The van der Waals surface area contributed by atoms with Gasteiger partial charge in [0.1, 0.15) is 0 Å². The van der Waals surface area contributed by atoms with Gasteiger partial charge in [-0.25, -0.2) is 0 Å². The van der Waals surface area contributed by atoms with Crippen molar-refractivity contribution in [3.8, 4) is 55.6 Å². The standard InChI is InChI=1S/C61H43N/c1-6-19-44(20-7-1)45-33-38-52(39-34-45)62(53-40-35-46(36-41-53)49-37-42-54(47-21-8-2-9-22-47)56(43-49)48-23-10-3-11-24-48)59-32-18-31-58-60(59)55-29-16-17-30-57(55)61(58,50-25-12-4-13-26-50)51-27-14-5-15-28-51/h1-43H. The Kier molecular flexibility index (Phi) is 9.48. The van der Waals surface area contributed by atoms with E-state index in [2.05, 4.69) is 266 Å². The van der Waals surface area contributed by atoms with Crippen LogP contribution in [0.5, 0.6) is 0 Å². The van der Waals surface area contributed by atoms with Crippen LogP contribution in [0.2, 0.25) is 0 Å². The first-order valence-electron chi connectivity index (χ1n) is 21.4. The molecule has 0 aromatic heterocycles. The molecule has 1 aliphatic carbocycles. The van der Waals surface area contributed by atoms with Gasteiger partial charge in [-0.3, -0.25) is 0 Å². The molecular formula is C61H43N. The first kappa shape index (κ1) is 37.0. The van der Waals surface area contributed by atoms with Gasteiger partial charge in [0, 0.05) is 16.9 Å². The summed E-state index contributed by atoms with van der Waals surface area (Å²) in [5.41, 5.74) is 20.0. The van der Waals surface area contributed by atoms with Gasteiger partial charge < -0.3 is 4.90 Å². The van der Waals surface area contributed by atoms with E-state index in [-0.39, 0.29) is 0 Å². The number of rotatable bonds is 9. The van der Waals surface area contributed by atoms with E-state index in [0.717, 1.165) is 17.1 Å². The highest BCUT2D eigenvalue weighted by molar-refractivity contribution is 5.98. The predicted octanol–water partition coefficient (Wildman–Crippen LogP) is 16.2. The Hall–Kier alpha value is -8.00. The van der Waals surface area contributed by atoms with Crippen LogP contribution in [0.25, 0.3) is 55.6 Å². The van der Waals surface area contributed by atoms with Crippen molar-refractivity contribution < 1.29 is 0 Å². The van der Waals surface area contributed by atoms with Gasteiger partial charge in [-0.15, -0.1) is 0 Å². The summed E-state index contributed by atoms with van der Waals surface area (Å²) in [5.74, 6) is 0. The highest BCUT2D eigenvalue weighted by atomic mass is 15.1. The molecule has 0 amide bonds. The summed E-state index contributed by atoms with van der Waals surface area (Å²) < 4.78 is 0. The summed E-state index contributed by atoms with van der Waals surface area (Å²) in [6.07, 6.45) is 0. The van der Waals surface area contributed by atoms with E-state index in [1.54, 1.807) is 0 Å². The zero-order chi connectivity index (χ0) is 41.3. The third kappa shape index (κ3) is 6.35. The molecule has 0 fully saturated rings. The van der Waals surface area contributed by atoms with Crippen LogP contribution in [0.4, 0.5) is 17.1 Å². The predicted molar refractivity (Wildman–Crippen MR) is 260 cm³/mol. The molecule has 10 aromatic carbocycles. The van der Waals surface area contributed by atoms with Crippen molar-refractivity contribution in [1.29, 1.82) is 0 Å². The molecule has 10 aromatic rings. The Morgan fingerprint density at radius 2 is 0.677 bits per heavy atom. The first-order chi connectivity index (χ1) is 30.8. The minimum absolute atomic E-state index is 0.500. The van der Waals surface area contributed by atoms with Gasteiger partial charge in [-0.05, 0) is 109 Å². The molecule has 0 bridgehead atoms. The molecule has 0 N–H and O–H groups in total. The largest absolute Gasteiger partial charge is 0.310 e. The molecule has 0 saturated heterocycles. The van der Waals surface area contributed by atoms with E-state index in [1.165, 1.54) is 77.9 Å². The lowest BCUT2D eigenvalue weighted by Crippen LogP contribution is -2.28. The first-order valence-corrected chi connectivity index (χ1v) is 21.4. The van der Waals surface area contributed by atoms with E-state index in [4.69, 9.17) is 0 Å². The number of fused-ring (bicyclic) bond motifs is 3. The van der Waals surface area contributed by atoms with Gasteiger partial charge >= 0.3 is 0 Å². The molecule has 0 atom stereocenters. The smallest absolute Gasteiger partial charge is 0.0714 e. The lowest BCUT2D eigenvalue weighted by Gasteiger charge is -2.34. The van der Waals surface area contributed by atoms with Crippen molar-refractivity contribution in [1.82, 2.24) is 0 Å². The minimum Gasteiger partial charge on any atom is -0.310 e. The van der Waals surface area contributed by atoms with Crippen LogP contribution in [0, 0.1) is 0 Å². The number of benzene rings is 10.